The van der Waals surface area contributed by atoms with E-state index < -0.39 is 5.97 Å². The Morgan fingerprint density at radius 1 is 1.29 bits per heavy atom. The Bertz CT molecular complexity index is 584. The van der Waals surface area contributed by atoms with E-state index in [2.05, 4.69) is 20.8 Å². The quantitative estimate of drug-likeness (QED) is 0.605. The molecule has 0 radical (unpaired) electrons. The third-order valence-corrected chi connectivity index (χ3v) is 5.75. The van der Waals surface area contributed by atoms with Crippen LogP contribution in [-0.4, -0.2) is 28.9 Å². The second kappa shape index (κ2) is 8.56. The molecule has 1 N–H and O–H groups in total. The van der Waals surface area contributed by atoms with Crippen molar-refractivity contribution in [1.82, 2.24) is 0 Å². The molecule has 0 heterocycles. The molecule has 1 aromatic rings. The van der Waals surface area contributed by atoms with Crippen LogP contribution in [0.2, 0.25) is 0 Å². The summed E-state index contributed by atoms with van der Waals surface area (Å²) in [6.07, 6.45) is 3.20. The molecule has 5 heteroatoms. The van der Waals surface area contributed by atoms with Gasteiger partial charge in [-0.2, -0.15) is 0 Å². The molecule has 1 fully saturated rings. The molecule has 1 aromatic carbocycles. The molecule has 0 unspecified atom stereocenters. The smallest absolute Gasteiger partial charge is 0.336 e. The predicted octanol–water partition coefficient (Wildman–Crippen LogP) is 4.48. The average molecular weight is 350 g/mol. The van der Waals surface area contributed by atoms with Crippen LogP contribution in [0.1, 0.15) is 50.4 Å². The minimum atomic E-state index is -0.979. The fourth-order valence-electron chi connectivity index (χ4n) is 3.36. The van der Waals surface area contributed by atoms with Crippen LogP contribution in [0, 0.1) is 17.8 Å². The van der Waals surface area contributed by atoms with Crippen molar-refractivity contribution in [2.24, 2.45) is 17.8 Å². The number of rotatable bonds is 6. The van der Waals surface area contributed by atoms with Crippen LogP contribution in [0.4, 0.5) is 0 Å². The summed E-state index contributed by atoms with van der Waals surface area (Å²) in [4.78, 5) is 24.1. The van der Waals surface area contributed by atoms with Crippen LogP contribution in [-0.2, 0) is 9.53 Å². The molecule has 0 bridgehead atoms. The second-order valence-electron chi connectivity index (χ2n) is 6.94. The minimum absolute atomic E-state index is 0.0171. The van der Waals surface area contributed by atoms with E-state index in [-0.39, 0.29) is 23.4 Å². The summed E-state index contributed by atoms with van der Waals surface area (Å²) in [5.74, 6) is 0.396. The molecular formula is C19H26O4S. The molecule has 24 heavy (non-hydrogen) atoms. The van der Waals surface area contributed by atoms with Gasteiger partial charge in [0.15, 0.2) is 0 Å². The molecular weight excluding hydrogens is 324 g/mol. The number of carboxylic acid groups (broad SMARTS) is 1. The van der Waals surface area contributed by atoms with E-state index in [1.807, 2.05) is 0 Å². The lowest BCUT2D eigenvalue weighted by Gasteiger charge is -2.36. The van der Waals surface area contributed by atoms with Gasteiger partial charge in [-0.25, -0.2) is 4.79 Å². The molecule has 1 saturated carbocycles. The fraction of sp³-hybridized carbons (Fsp3) is 0.579. The molecule has 1 aliphatic rings. The van der Waals surface area contributed by atoms with Gasteiger partial charge in [-0.15, -0.1) is 11.8 Å². The number of esters is 1. The van der Waals surface area contributed by atoms with E-state index in [1.165, 1.54) is 18.2 Å². The molecule has 0 saturated heterocycles. The van der Waals surface area contributed by atoms with Crippen LogP contribution in [0.5, 0.6) is 0 Å². The van der Waals surface area contributed by atoms with Crippen LogP contribution >= 0.6 is 11.8 Å². The van der Waals surface area contributed by atoms with Crippen molar-refractivity contribution < 1.29 is 19.4 Å². The third kappa shape index (κ3) is 5.00. The maximum Gasteiger partial charge on any atom is 0.336 e. The third-order valence-electron chi connectivity index (χ3n) is 4.71. The first-order valence-corrected chi connectivity index (χ1v) is 9.51. The first kappa shape index (κ1) is 18.8. The number of thioether (sulfide) groups is 1. The molecule has 4 nitrogen and oxygen atoms in total. The van der Waals surface area contributed by atoms with Crippen LogP contribution in [0.25, 0.3) is 0 Å². The normalized spacial score (nSPS) is 23.9. The van der Waals surface area contributed by atoms with Crippen LogP contribution in [0.3, 0.4) is 0 Å². The summed E-state index contributed by atoms with van der Waals surface area (Å²) < 4.78 is 5.75. The van der Waals surface area contributed by atoms with Gasteiger partial charge in [0.2, 0.25) is 0 Å². The Balaban J connectivity index is 1.94. The largest absolute Gasteiger partial charge is 0.478 e. The summed E-state index contributed by atoms with van der Waals surface area (Å²) in [6, 6.07) is 6.73. The highest BCUT2D eigenvalue weighted by Crippen LogP contribution is 2.35. The monoisotopic (exact) mass is 350 g/mol. The average Bonchev–Trinajstić information content (AvgIpc) is 2.53. The lowest BCUT2D eigenvalue weighted by atomic mass is 9.75. The summed E-state index contributed by atoms with van der Waals surface area (Å²) in [6.45, 7) is 6.56. The van der Waals surface area contributed by atoms with Gasteiger partial charge in [-0.3, -0.25) is 4.79 Å². The van der Waals surface area contributed by atoms with E-state index in [1.54, 1.807) is 24.3 Å². The van der Waals surface area contributed by atoms with Gasteiger partial charge in [0.05, 0.1) is 11.3 Å². The fourth-order valence-corrected chi connectivity index (χ4v) is 4.19. The van der Waals surface area contributed by atoms with E-state index in [4.69, 9.17) is 4.74 Å². The minimum Gasteiger partial charge on any atom is -0.478 e. The van der Waals surface area contributed by atoms with Gasteiger partial charge in [0.1, 0.15) is 6.10 Å². The maximum absolute atomic E-state index is 12.3. The van der Waals surface area contributed by atoms with E-state index in [0.29, 0.717) is 22.6 Å². The lowest BCUT2D eigenvalue weighted by molar-refractivity contribution is -0.152. The number of hydrogen-bond acceptors (Lipinski definition) is 4. The first-order chi connectivity index (χ1) is 11.4. The van der Waals surface area contributed by atoms with Gasteiger partial charge >= 0.3 is 11.9 Å². The van der Waals surface area contributed by atoms with Gasteiger partial charge in [0.25, 0.3) is 0 Å². The molecule has 2 rings (SSSR count). The molecule has 1 aliphatic carbocycles. The number of ether oxygens (including phenoxy) is 1. The number of hydrogen-bond donors (Lipinski definition) is 1. The van der Waals surface area contributed by atoms with Crippen LogP contribution in [0.15, 0.2) is 29.2 Å². The van der Waals surface area contributed by atoms with Gasteiger partial charge in [-0.05, 0) is 42.7 Å². The zero-order valence-electron chi connectivity index (χ0n) is 14.5. The highest BCUT2D eigenvalue weighted by atomic mass is 32.2. The van der Waals surface area contributed by atoms with Crippen LogP contribution < -0.4 is 0 Å². The number of carboxylic acids is 1. The summed E-state index contributed by atoms with van der Waals surface area (Å²) in [5.41, 5.74) is 0.224. The highest BCUT2D eigenvalue weighted by Gasteiger charge is 2.33. The van der Waals surface area contributed by atoms with Crippen molar-refractivity contribution >= 4 is 23.7 Å². The van der Waals surface area contributed by atoms with Crippen molar-refractivity contribution in [3.05, 3.63) is 29.8 Å². The van der Waals surface area contributed by atoms with Gasteiger partial charge < -0.3 is 9.84 Å². The summed E-state index contributed by atoms with van der Waals surface area (Å²) >= 11 is 1.23. The Hall–Kier alpha value is -1.49. The zero-order valence-corrected chi connectivity index (χ0v) is 15.3. The summed E-state index contributed by atoms with van der Waals surface area (Å²) in [7, 11) is 0. The number of benzene rings is 1. The maximum atomic E-state index is 12.3. The Morgan fingerprint density at radius 3 is 2.67 bits per heavy atom. The predicted molar refractivity (Wildman–Crippen MR) is 95.3 cm³/mol. The molecule has 3 atom stereocenters. The number of carbonyl (C=O) groups is 2. The molecule has 0 aromatic heterocycles. The van der Waals surface area contributed by atoms with Crippen molar-refractivity contribution in [2.45, 2.75) is 51.0 Å². The number of carbonyl (C=O) groups excluding carboxylic acids is 1. The zero-order chi connectivity index (χ0) is 17.7. The van der Waals surface area contributed by atoms with Crippen molar-refractivity contribution in [3.63, 3.8) is 0 Å². The van der Waals surface area contributed by atoms with E-state index in [9.17, 15) is 14.7 Å². The molecule has 132 valence electrons. The van der Waals surface area contributed by atoms with Gasteiger partial charge in [-0.1, -0.05) is 39.3 Å². The number of aromatic carboxylic acids is 1. The van der Waals surface area contributed by atoms with Crippen molar-refractivity contribution in [2.75, 3.05) is 5.75 Å². The lowest BCUT2D eigenvalue weighted by Crippen LogP contribution is -2.36. The molecule has 0 aliphatic heterocycles. The SMILES string of the molecule is CC(C)[C@@H]1CC[C@@H](C)C[C@@H]1OC(=O)CSc1ccccc1C(=O)O. The van der Waals surface area contributed by atoms with Crippen molar-refractivity contribution in [1.29, 1.82) is 0 Å². The Morgan fingerprint density at radius 2 is 2.00 bits per heavy atom. The first-order valence-electron chi connectivity index (χ1n) is 8.53. The molecule has 0 amide bonds. The van der Waals surface area contributed by atoms with E-state index >= 15 is 0 Å². The molecule has 0 spiro atoms. The Labute approximate surface area is 148 Å². The second-order valence-corrected chi connectivity index (χ2v) is 7.96. The standard InChI is InChI=1S/C19H26O4S/c1-12(2)14-9-8-13(3)10-16(14)23-18(20)11-24-17-7-5-4-6-15(17)19(21)22/h4-7,12-14,16H,8-11H2,1-3H3,(H,21,22)/t13-,14+,16+/m1/s1. The summed E-state index contributed by atoms with van der Waals surface area (Å²) in [5, 5.41) is 9.19. The van der Waals surface area contributed by atoms with Crippen molar-refractivity contribution in [3.8, 4) is 0 Å². The van der Waals surface area contributed by atoms with E-state index in [0.717, 1.165) is 12.8 Å². The topological polar surface area (TPSA) is 63.6 Å². The Kier molecular flexibility index (Phi) is 6.72. The van der Waals surface area contributed by atoms with Gasteiger partial charge in [0, 0.05) is 4.90 Å². The highest BCUT2D eigenvalue weighted by molar-refractivity contribution is 8.00.